The molecule has 38 heavy (non-hydrogen) atoms. The van der Waals surface area contributed by atoms with E-state index in [0.717, 1.165) is 37.4 Å². The van der Waals surface area contributed by atoms with Crippen molar-refractivity contribution in [2.45, 2.75) is 25.5 Å². The van der Waals surface area contributed by atoms with E-state index in [1.54, 1.807) is 20.4 Å². The second-order valence-electron chi connectivity index (χ2n) is 10.1. The van der Waals surface area contributed by atoms with E-state index in [4.69, 9.17) is 25.8 Å². The van der Waals surface area contributed by atoms with Crippen LogP contribution >= 0.6 is 18.7 Å². The summed E-state index contributed by atoms with van der Waals surface area (Å²) in [6.07, 6.45) is 3.35. The summed E-state index contributed by atoms with van der Waals surface area (Å²) in [6, 6.07) is 9.68. The molecule has 0 unspecified atom stereocenters. The molecule has 0 bridgehead atoms. The Morgan fingerprint density at radius 2 is 2.00 bits per heavy atom. The van der Waals surface area contributed by atoms with Crippen molar-refractivity contribution in [1.29, 1.82) is 0 Å². The van der Waals surface area contributed by atoms with Crippen LogP contribution in [-0.2, 0) is 22.3 Å². The number of nitrogens with one attached hydrogen (secondary N) is 2. The Bertz CT molecular complexity index is 1380. The highest BCUT2D eigenvalue weighted by atomic mass is 35.5. The number of hydrogen-bond acceptors (Lipinski definition) is 9. The van der Waals surface area contributed by atoms with Crippen LogP contribution in [0.5, 0.6) is 11.5 Å². The van der Waals surface area contributed by atoms with E-state index in [1.165, 1.54) is 17.3 Å². The first-order chi connectivity index (χ1) is 18.2. The highest BCUT2D eigenvalue weighted by Gasteiger charge is 2.22. The van der Waals surface area contributed by atoms with Gasteiger partial charge >= 0.3 is 0 Å². The molecule has 2 aliphatic rings. The van der Waals surface area contributed by atoms with Crippen LogP contribution in [0, 0.1) is 0 Å². The number of benzene rings is 2. The first-order valence-corrected chi connectivity index (χ1v) is 15.6. The Labute approximate surface area is 228 Å². The van der Waals surface area contributed by atoms with E-state index in [2.05, 4.69) is 44.7 Å². The molecule has 0 aliphatic carbocycles. The highest BCUT2D eigenvalue weighted by molar-refractivity contribution is 7.70. The molecule has 0 spiro atoms. The Hall–Kier alpha value is -2.84. The largest absolute Gasteiger partial charge is 0.495 e. The molecule has 1 fully saturated rings. The van der Waals surface area contributed by atoms with Gasteiger partial charge in [0.1, 0.15) is 29.8 Å². The molecule has 1 aromatic heterocycles. The lowest BCUT2D eigenvalue weighted by Gasteiger charge is -2.26. The van der Waals surface area contributed by atoms with Crippen LogP contribution in [-0.4, -0.2) is 68.2 Å². The van der Waals surface area contributed by atoms with Gasteiger partial charge in [-0.05, 0) is 68.3 Å². The van der Waals surface area contributed by atoms with Crippen LogP contribution in [0.25, 0.3) is 0 Å². The van der Waals surface area contributed by atoms with Crippen molar-refractivity contribution < 1.29 is 18.8 Å². The third-order valence-corrected chi connectivity index (χ3v) is 8.52. The van der Waals surface area contributed by atoms with Crippen LogP contribution in [0.3, 0.4) is 0 Å². The highest BCUT2D eigenvalue weighted by Crippen LogP contribution is 2.40. The second kappa shape index (κ2) is 11.1. The molecule has 0 radical (unpaired) electrons. The molecule has 1 saturated heterocycles. The van der Waals surface area contributed by atoms with E-state index in [9.17, 15) is 4.57 Å². The summed E-state index contributed by atoms with van der Waals surface area (Å²) in [7, 11) is 1.10. The molecule has 5 rings (SSSR count). The number of methoxy groups -OCH3 is 1. The van der Waals surface area contributed by atoms with Gasteiger partial charge in [0.15, 0.2) is 5.82 Å². The summed E-state index contributed by atoms with van der Waals surface area (Å²) in [5, 5.41) is 7.54. The number of halogens is 1. The predicted molar refractivity (Wildman–Crippen MR) is 152 cm³/mol. The molecule has 2 aromatic carbocycles. The zero-order chi connectivity index (χ0) is 26.9. The van der Waals surface area contributed by atoms with E-state index in [-0.39, 0.29) is 6.10 Å². The van der Waals surface area contributed by atoms with Crippen LogP contribution in [0.15, 0.2) is 36.5 Å². The van der Waals surface area contributed by atoms with Gasteiger partial charge in [-0.3, -0.25) is 0 Å². The fraction of sp³-hybridized carbons (Fsp3) is 0.407. The Morgan fingerprint density at radius 3 is 2.74 bits per heavy atom. The van der Waals surface area contributed by atoms with Gasteiger partial charge in [-0.15, -0.1) is 0 Å². The van der Waals surface area contributed by atoms with Gasteiger partial charge < -0.3 is 34.3 Å². The number of fused-ring (bicyclic) bond motifs is 1. The van der Waals surface area contributed by atoms with Crippen LogP contribution in [0.2, 0.25) is 5.02 Å². The van der Waals surface area contributed by atoms with Crippen LogP contribution in [0.1, 0.15) is 17.5 Å². The molecule has 0 saturated carbocycles. The minimum Gasteiger partial charge on any atom is -0.495 e. The molecule has 0 amide bonds. The van der Waals surface area contributed by atoms with Crippen molar-refractivity contribution in [3.05, 3.63) is 52.7 Å². The smallest absolute Gasteiger partial charge is 0.229 e. The standard InChI is InChI=1S/C27H33ClN5O4P/c1-33-9-7-17-12-24(35-2)23(11-18(17)15-33)31-27-29-14-21(28)26(32-27)30-22-6-5-19(13-25(22)38(3,4)34)37-20-8-10-36-16-20/h5-6,11-14,20H,7-10,15-16H2,1-4H3,(H2,29,30,31,32)/t20-/m0/s1. The summed E-state index contributed by atoms with van der Waals surface area (Å²) in [6.45, 7) is 6.59. The lowest BCUT2D eigenvalue weighted by atomic mass is 9.99. The number of aromatic nitrogens is 2. The summed E-state index contributed by atoms with van der Waals surface area (Å²) < 4.78 is 30.3. The van der Waals surface area contributed by atoms with Crippen molar-refractivity contribution >= 4 is 47.2 Å². The SMILES string of the molecule is COc1cc2c(cc1Nc1ncc(Cl)c(Nc3ccc(O[C@H]4CCOC4)cc3P(C)(C)=O)n1)CN(C)CC2. The van der Waals surface area contributed by atoms with Gasteiger partial charge in [-0.2, -0.15) is 4.98 Å². The van der Waals surface area contributed by atoms with Crippen molar-refractivity contribution in [1.82, 2.24) is 14.9 Å². The molecule has 3 heterocycles. The van der Waals surface area contributed by atoms with Gasteiger partial charge in [0.05, 0.1) is 37.9 Å². The van der Waals surface area contributed by atoms with Crippen molar-refractivity contribution in [2.75, 3.05) is 57.9 Å². The first-order valence-electron chi connectivity index (χ1n) is 12.6. The summed E-state index contributed by atoms with van der Waals surface area (Å²) in [4.78, 5) is 11.3. The topological polar surface area (TPSA) is 97.8 Å². The van der Waals surface area contributed by atoms with Gasteiger partial charge in [-0.25, -0.2) is 4.98 Å². The molecule has 3 aromatic rings. The Balaban J connectivity index is 1.41. The lowest BCUT2D eigenvalue weighted by molar-refractivity contribution is 0.141. The van der Waals surface area contributed by atoms with Gasteiger partial charge in [0.25, 0.3) is 0 Å². The van der Waals surface area contributed by atoms with Crippen LogP contribution in [0.4, 0.5) is 23.1 Å². The van der Waals surface area contributed by atoms with Crippen molar-refractivity contribution in [2.24, 2.45) is 0 Å². The third kappa shape index (κ3) is 6.07. The maximum atomic E-state index is 13.2. The summed E-state index contributed by atoms with van der Waals surface area (Å²) in [5.41, 5.74) is 3.95. The quantitative estimate of drug-likeness (QED) is 0.370. The van der Waals surface area contributed by atoms with Gasteiger partial charge in [0.2, 0.25) is 5.95 Å². The molecule has 9 nitrogen and oxygen atoms in total. The maximum Gasteiger partial charge on any atom is 0.229 e. The molecule has 2 N–H and O–H groups in total. The Kier molecular flexibility index (Phi) is 7.82. The zero-order valence-corrected chi connectivity index (χ0v) is 23.7. The fourth-order valence-electron chi connectivity index (χ4n) is 4.69. The minimum absolute atomic E-state index is 0.000632. The van der Waals surface area contributed by atoms with Crippen molar-refractivity contribution in [3.8, 4) is 11.5 Å². The molecular weight excluding hydrogens is 525 g/mol. The number of rotatable bonds is 8. The average molecular weight is 558 g/mol. The Morgan fingerprint density at radius 1 is 1.16 bits per heavy atom. The molecular formula is C27H33ClN5O4P. The fourth-order valence-corrected chi connectivity index (χ4v) is 5.98. The van der Waals surface area contributed by atoms with Gasteiger partial charge in [0, 0.05) is 24.8 Å². The third-order valence-electron chi connectivity index (χ3n) is 6.71. The van der Waals surface area contributed by atoms with Crippen LogP contribution < -0.4 is 25.4 Å². The summed E-state index contributed by atoms with van der Waals surface area (Å²) >= 11 is 6.48. The van der Waals surface area contributed by atoms with Gasteiger partial charge in [-0.1, -0.05) is 11.6 Å². The number of ether oxygens (including phenoxy) is 3. The average Bonchev–Trinajstić information content (AvgIpc) is 3.39. The zero-order valence-electron chi connectivity index (χ0n) is 22.1. The maximum absolute atomic E-state index is 13.2. The van der Waals surface area contributed by atoms with E-state index >= 15 is 0 Å². The predicted octanol–water partition coefficient (Wildman–Crippen LogP) is 5.03. The molecule has 2 aliphatic heterocycles. The van der Waals surface area contributed by atoms with E-state index < -0.39 is 7.14 Å². The number of hydrogen-bond donors (Lipinski definition) is 2. The van der Waals surface area contributed by atoms with E-state index in [0.29, 0.717) is 46.7 Å². The summed E-state index contributed by atoms with van der Waals surface area (Å²) in [5.74, 6) is 2.14. The molecule has 11 heteroatoms. The number of nitrogens with zero attached hydrogens (tertiary/aromatic N) is 3. The number of likely N-dealkylation sites (N-methyl/N-ethyl adjacent to an activating group) is 1. The van der Waals surface area contributed by atoms with E-state index in [1.807, 2.05) is 18.2 Å². The normalized spacial score (nSPS) is 17.7. The minimum atomic E-state index is -2.67. The second-order valence-corrected chi connectivity index (χ2v) is 13.7. The lowest BCUT2D eigenvalue weighted by Crippen LogP contribution is -2.26. The molecule has 1 atom stereocenters. The molecule has 202 valence electrons. The number of anilines is 4. The van der Waals surface area contributed by atoms with Crippen molar-refractivity contribution in [3.63, 3.8) is 0 Å². The monoisotopic (exact) mass is 557 g/mol. The first kappa shape index (κ1) is 26.8.